The van der Waals surface area contributed by atoms with Crippen LogP contribution in [0.3, 0.4) is 0 Å². The Kier molecular flexibility index (Phi) is 3.82. The molecule has 1 fully saturated rings. The summed E-state index contributed by atoms with van der Waals surface area (Å²) >= 11 is 5.81. The summed E-state index contributed by atoms with van der Waals surface area (Å²) < 4.78 is 5.63. The van der Waals surface area contributed by atoms with Crippen molar-refractivity contribution in [1.82, 2.24) is 0 Å². The standard InChI is InChI=1S/C12H15ClO3/c13-9-3-1-8(2-4-9)11-6-5-10(15)12(7-14)16-11/h1-4,10-12,14-15H,5-7H2/t10-,11+,12+/m0/s1. The number of halogens is 1. The third-order valence-electron chi connectivity index (χ3n) is 2.91. The number of hydrogen-bond donors (Lipinski definition) is 2. The van der Waals surface area contributed by atoms with Crippen LogP contribution in [-0.4, -0.2) is 29.0 Å². The molecule has 1 aromatic carbocycles. The van der Waals surface area contributed by atoms with Gasteiger partial charge in [0.2, 0.25) is 0 Å². The van der Waals surface area contributed by atoms with Gasteiger partial charge in [-0.15, -0.1) is 0 Å². The molecule has 0 unspecified atom stereocenters. The van der Waals surface area contributed by atoms with Gasteiger partial charge in [0.1, 0.15) is 6.10 Å². The molecule has 3 nitrogen and oxygen atoms in total. The van der Waals surface area contributed by atoms with Crippen molar-refractivity contribution in [2.24, 2.45) is 0 Å². The van der Waals surface area contributed by atoms with E-state index in [0.717, 1.165) is 12.0 Å². The largest absolute Gasteiger partial charge is 0.394 e. The maximum absolute atomic E-state index is 9.57. The molecule has 0 radical (unpaired) electrons. The van der Waals surface area contributed by atoms with Crippen LogP contribution in [0.25, 0.3) is 0 Å². The number of hydrogen-bond acceptors (Lipinski definition) is 3. The molecule has 0 bridgehead atoms. The minimum atomic E-state index is -0.562. The van der Waals surface area contributed by atoms with Crippen molar-refractivity contribution in [3.8, 4) is 0 Å². The molecule has 2 rings (SSSR count). The van der Waals surface area contributed by atoms with Gasteiger partial charge in [0, 0.05) is 5.02 Å². The third kappa shape index (κ3) is 2.55. The van der Waals surface area contributed by atoms with Gasteiger partial charge in [-0.25, -0.2) is 0 Å². The van der Waals surface area contributed by atoms with Crippen molar-refractivity contribution in [3.63, 3.8) is 0 Å². The van der Waals surface area contributed by atoms with E-state index in [1.54, 1.807) is 0 Å². The van der Waals surface area contributed by atoms with Crippen LogP contribution in [0, 0.1) is 0 Å². The zero-order valence-electron chi connectivity index (χ0n) is 8.84. The van der Waals surface area contributed by atoms with Crippen LogP contribution in [0.2, 0.25) is 5.02 Å². The van der Waals surface area contributed by atoms with Crippen LogP contribution in [0.5, 0.6) is 0 Å². The Morgan fingerprint density at radius 3 is 2.56 bits per heavy atom. The number of aliphatic hydroxyl groups is 2. The smallest absolute Gasteiger partial charge is 0.107 e. The average molecular weight is 243 g/mol. The molecule has 2 N–H and O–H groups in total. The summed E-state index contributed by atoms with van der Waals surface area (Å²) in [6.45, 7) is -0.148. The predicted molar refractivity (Wildman–Crippen MR) is 61.4 cm³/mol. The first-order valence-corrected chi connectivity index (χ1v) is 5.78. The van der Waals surface area contributed by atoms with Crippen molar-refractivity contribution < 1.29 is 14.9 Å². The Morgan fingerprint density at radius 1 is 1.25 bits per heavy atom. The van der Waals surface area contributed by atoms with Crippen molar-refractivity contribution in [2.75, 3.05) is 6.61 Å². The Labute approximate surface area is 99.6 Å². The molecule has 0 amide bonds. The van der Waals surface area contributed by atoms with Gasteiger partial charge < -0.3 is 14.9 Å². The first kappa shape index (κ1) is 11.9. The lowest BCUT2D eigenvalue weighted by atomic mass is 9.97. The summed E-state index contributed by atoms with van der Waals surface area (Å²) in [6.07, 6.45) is 0.318. The van der Waals surface area contributed by atoms with Gasteiger partial charge in [-0.3, -0.25) is 0 Å². The van der Waals surface area contributed by atoms with E-state index >= 15 is 0 Å². The lowest BCUT2D eigenvalue weighted by Gasteiger charge is -2.33. The summed E-state index contributed by atoms with van der Waals surface area (Å²) in [4.78, 5) is 0. The van der Waals surface area contributed by atoms with Crippen LogP contribution in [0.4, 0.5) is 0 Å². The molecular formula is C12H15ClO3. The van der Waals surface area contributed by atoms with Crippen LogP contribution in [-0.2, 0) is 4.74 Å². The molecular weight excluding hydrogens is 228 g/mol. The van der Waals surface area contributed by atoms with Gasteiger partial charge in [-0.05, 0) is 30.5 Å². The van der Waals surface area contributed by atoms with Gasteiger partial charge in [-0.1, -0.05) is 23.7 Å². The summed E-state index contributed by atoms with van der Waals surface area (Å²) in [5.74, 6) is 0. The van der Waals surface area contributed by atoms with Crippen LogP contribution >= 0.6 is 11.6 Å². The fourth-order valence-electron chi connectivity index (χ4n) is 1.97. The van der Waals surface area contributed by atoms with E-state index in [9.17, 15) is 5.11 Å². The summed E-state index contributed by atoms with van der Waals surface area (Å²) in [5, 5.41) is 19.3. The van der Waals surface area contributed by atoms with Gasteiger partial charge in [-0.2, -0.15) is 0 Å². The van der Waals surface area contributed by atoms with Crippen LogP contribution in [0.1, 0.15) is 24.5 Å². The molecule has 1 aromatic rings. The van der Waals surface area contributed by atoms with E-state index in [-0.39, 0.29) is 12.7 Å². The normalized spacial score (nSPS) is 30.3. The quantitative estimate of drug-likeness (QED) is 0.833. The first-order valence-electron chi connectivity index (χ1n) is 5.40. The number of aliphatic hydroxyl groups excluding tert-OH is 2. The molecule has 4 heteroatoms. The second-order valence-electron chi connectivity index (χ2n) is 4.04. The minimum Gasteiger partial charge on any atom is -0.394 e. The second kappa shape index (κ2) is 5.15. The molecule has 1 saturated heterocycles. The zero-order valence-corrected chi connectivity index (χ0v) is 9.60. The van der Waals surface area contributed by atoms with Crippen molar-refractivity contribution >= 4 is 11.6 Å². The maximum atomic E-state index is 9.57. The predicted octanol–water partition coefficient (Wildman–Crippen LogP) is 1.91. The topological polar surface area (TPSA) is 49.7 Å². The summed E-state index contributed by atoms with van der Waals surface area (Å²) in [7, 11) is 0. The number of rotatable bonds is 2. The SMILES string of the molecule is OC[C@H]1O[C@@H](c2ccc(Cl)cc2)CC[C@@H]1O. The van der Waals surface area contributed by atoms with Crippen molar-refractivity contribution in [2.45, 2.75) is 31.2 Å². The molecule has 0 aliphatic carbocycles. The van der Waals surface area contributed by atoms with Gasteiger partial charge >= 0.3 is 0 Å². The highest BCUT2D eigenvalue weighted by Gasteiger charge is 2.29. The minimum absolute atomic E-state index is 0.0576. The van der Waals surface area contributed by atoms with Crippen LogP contribution < -0.4 is 0 Å². The van der Waals surface area contributed by atoms with E-state index in [2.05, 4.69) is 0 Å². The Balaban J connectivity index is 2.08. The highest BCUT2D eigenvalue weighted by atomic mass is 35.5. The number of benzene rings is 1. The Hall–Kier alpha value is -0.610. The van der Waals surface area contributed by atoms with Gasteiger partial charge in [0.05, 0.1) is 18.8 Å². The van der Waals surface area contributed by atoms with E-state index in [1.165, 1.54) is 0 Å². The Bertz CT molecular complexity index is 339. The van der Waals surface area contributed by atoms with E-state index in [0.29, 0.717) is 11.4 Å². The fourth-order valence-corrected chi connectivity index (χ4v) is 2.09. The molecule has 0 aromatic heterocycles. The molecule has 3 atom stereocenters. The molecule has 0 saturated carbocycles. The lowest BCUT2D eigenvalue weighted by molar-refractivity contribution is -0.135. The zero-order chi connectivity index (χ0) is 11.5. The van der Waals surface area contributed by atoms with Crippen molar-refractivity contribution in [1.29, 1.82) is 0 Å². The molecule has 16 heavy (non-hydrogen) atoms. The molecule has 0 spiro atoms. The average Bonchev–Trinajstić information content (AvgIpc) is 2.31. The van der Waals surface area contributed by atoms with E-state index in [4.69, 9.17) is 21.4 Å². The monoisotopic (exact) mass is 242 g/mol. The maximum Gasteiger partial charge on any atom is 0.107 e. The molecule has 1 heterocycles. The van der Waals surface area contributed by atoms with E-state index < -0.39 is 12.2 Å². The van der Waals surface area contributed by atoms with Crippen LogP contribution in [0.15, 0.2) is 24.3 Å². The first-order chi connectivity index (χ1) is 7.70. The summed E-state index contributed by atoms with van der Waals surface area (Å²) in [5.41, 5.74) is 1.04. The fraction of sp³-hybridized carbons (Fsp3) is 0.500. The Morgan fingerprint density at radius 2 is 1.94 bits per heavy atom. The second-order valence-corrected chi connectivity index (χ2v) is 4.48. The highest BCUT2D eigenvalue weighted by Crippen LogP contribution is 2.31. The molecule has 1 aliphatic rings. The van der Waals surface area contributed by atoms with Crippen molar-refractivity contribution in [3.05, 3.63) is 34.9 Å². The third-order valence-corrected chi connectivity index (χ3v) is 3.17. The number of ether oxygens (including phenoxy) is 1. The summed E-state index contributed by atoms with van der Waals surface area (Å²) in [6, 6.07) is 7.47. The van der Waals surface area contributed by atoms with Gasteiger partial charge in [0.15, 0.2) is 0 Å². The lowest BCUT2D eigenvalue weighted by Crippen LogP contribution is -2.38. The molecule has 1 aliphatic heterocycles. The van der Waals surface area contributed by atoms with E-state index in [1.807, 2.05) is 24.3 Å². The highest BCUT2D eigenvalue weighted by molar-refractivity contribution is 6.30. The molecule has 88 valence electrons. The van der Waals surface area contributed by atoms with Gasteiger partial charge in [0.25, 0.3) is 0 Å².